The summed E-state index contributed by atoms with van der Waals surface area (Å²) in [5.41, 5.74) is 1.19. The smallest absolute Gasteiger partial charge is 0.229 e. The van der Waals surface area contributed by atoms with Crippen LogP contribution in [0.2, 0.25) is 15.1 Å². The zero-order chi connectivity index (χ0) is 17.3. The van der Waals surface area contributed by atoms with E-state index in [-0.39, 0.29) is 24.8 Å². The predicted molar refractivity (Wildman–Crippen MR) is 97.0 cm³/mol. The molecule has 2 aromatic carbocycles. The highest BCUT2D eigenvalue weighted by Gasteiger charge is 2.35. The third-order valence-corrected chi connectivity index (χ3v) is 4.42. The van der Waals surface area contributed by atoms with Crippen molar-refractivity contribution in [3.8, 4) is 0 Å². The van der Waals surface area contributed by atoms with E-state index in [1.807, 2.05) is 0 Å². The van der Waals surface area contributed by atoms with Crippen LogP contribution in [0, 0.1) is 5.92 Å². The van der Waals surface area contributed by atoms with Gasteiger partial charge in [0, 0.05) is 39.4 Å². The molecule has 1 aliphatic rings. The second-order valence-corrected chi connectivity index (χ2v) is 6.84. The lowest BCUT2D eigenvalue weighted by molar-refractivity contribution is -0.122. The minimum absolute atomic E-state index is 0.135. The molecule has 1 unspecified atom stereocenters. The van der Waals surface area contributed by atoms with Crippen LogP contribution in [0.15, 0.2) is 42.5 Å². The Balaban J connectivity index is 1.73. The molecule has 1 atom stereocenters. The van der Waals surface area contributed by atoms with E-state index in [0.29, 0.717) is 26.4 Å². The maximum absolute atomic E-state index is 12.4. The van der Waals surface area contributed by atoms with Gasteiger partial charge in [0.1, 0.15) is 0 Å². The van der Waals surface area contributed by atoms with Gasteiger partial charge >= 0.3 is 0 Å². The van der Waals surface area contributed by atoms with Crippen molar-refractivity contribution in [2.75, 3.05) is 16.8 Å². The fourth-order valence-corrected chi connectivity index (χ4v) is 3.34. The zero-order valence-electron chi connectivity index (χ0n) is 12.4. The first kappa shape index (κ1) is 17.1. The van der Waals surface area contributed by atoms with E-state index in [1.165, 1.54) is 4.90 Å². The number of carbonyl (C=O) groups excluding carboxylic acids is 2. The van der Waals surface area contributed by atoms with E-state index in [2.05, 4.69) is 5.32 Å². The lowest BCUT2D eigenvalue weighted by Crippen LogP contribution is -2.28. The molecule has 1 N–H and O–H groups in total. The van der Waals surface area contributed by atoms with Crippen molar-refractivity contribution in [1.82, 2.24) is 0 Å². The monoisotopic (exact) mass is 382 g/mol. The van der Waals surface area contributed by atoms with Gasteiger partial charge in [0.15, 0.2) is 0 Å². The van der Waals surface area contributed by atoms with Crippen LogP contribution in [0.5, 0.6) is 0 Å². The standard InChI is InChI=1S/C17H13Cl3N2O2/c18-11-2-1-3-14(6-11)21-17(24)10-4-16(23)22(9-10)15-7-12(19)5-13(20)8-15/h1-3,5-8,10H,4,9H2,(H,21,24). The number of hydrogen-bond donors (Lipinski definition) is 1. The lowest BCUT2D eigenvalue weighted by Gasteiger charge is -2.17. The number of halogens is 3. The van der Waals surface area contributed by atoms with Crippen LogP contribution >= 0.6 is 34.8 Å². The number of hydrogen-bond acceptors (Lipinski definition) is 2. The van der Waals surface area contributed by atoms with Gasteiger partial charge in [-0.05, 0) is 36.4 Å². The fourth-order valence-electron chi connectivity index (χ4n) is 2.64. The molecule has 0 aliphatic carbocycles. The molecule has 1 aliphatic heterocycles. The van der Waals surface area contributed by atoms with E-state index < -0.39 is 5.92 Å². The first-order valence-corrected chi connectivity index (χ1v) is 8.38. The van der Waals surface area contributed by atoms with Crippen molar-refractivity contribution in [3.63, 3.8) is 0 Å². The maximum Gasteiger partial charge on any atom is 0.229 e. The van der Waals surface area contributed by atoms with Crippen molar-refractivity contribution in [3.05, 3.63) is 57.5 Å². The van der Waals surface area contributed by atoms with Gasteiger partial charge in [-0.15, -0.1) is 0 Å². The molecular formula is C17H13Cl3N2O2. The Morgan fingerprint density at radius 1 is 1.04 bits per heavy atom. The lowest BCUT2D eigenvalue weighted by atomic mass is 10.1. The number of benzene rings is 2. The van der Waals surface area contributed by atoms with Crippen LogP contribution in [-0.2, 0) is 9.59 Å². The summed E-state index contributed by atoms with van der Waals surface area (Å²) in [6.45, 7) is 0.280. The summed E-state index contributed by atoms with van der Waals surface area (Å²) >= 11 is 17.9. The summed E-state index contributed by atoms with van der Waals surface area (Å²) in [4.78, 5) is 26.2. The van der Waals surface area contributed by atoms with Gasteiger partial charge in [0.25, 0.3) is 0 Å². The Morgan fingerprint density at radius 2 is 1.75 bits per heavy atom. The van der Waals surface area contributed by atoms with Crippen LogP contribution < -0.4 is 10.2 Å². The number of amides is 2. The number of rotatable bonds is 3. The number of nitrogens with one attached hydrogen (secondary N) is 1. The molecule has 0 bridgehead atoms. The van der Waals surface area contributed by atoms with E-state index in [0.717, 1.165) is 0 Å². The Labute approximate surface area is 154 Å². The molecule has 2 aromatic rings. The van der Waals surface area contributed by atoms with Crippen LogP contribution in [0.4, 0.5) is 11.4 Å². The van der Waals surface area contributed by atoms with E-state index in [4.69, 9.17) is 34.8 Å². The average Bonchev–Trinajstić information content (AvgIpc) is 2.88. The van der Waals surface area contributed by atoms with E-state index in [1.54, 1.807) is 42.5 Å². The molecule has 2 amide bonds. The summed E-state index contributed by atoms with van der Waals surface area (Å²) in [6, 6.07) is 11.8. The van der Waals surface area contributed by atoms with Gasteiger partial charge in [0.2, 0.25) is 11.8 Å². The fraction of sp³-hybridized carbons (Fsp3) is 0.176. The minimum atomic E-state index is -0.450. The SMILES string of the molecule is O=C(Nc1cccc(Cl)c1)C1CC(=O)N(c2cc(Cl)cc(Cl)c2)C1. The molecule has 0 radical (unpaired) electrons. The minimum Gasteiger partial charge on any atom is -0.326 e. The molecule has 3 rings (SSSR count). The summed E-state index contributed by atoms with van der Waals surface area (Å²) in [7, 11) is 0. The van der Waals surface area contributed by atoms with Crippen LogP contribution in [0.1, 0.15) is 6.42 Å². The van der Waals surface area contributed by atoms with E-state index >= 15 is 0 Å². The molecule has 0 saturated carbocycles. The van der Waals surface area contributed by atoms with Crippen molar-refractivity contribution in [1.29, 1.82) is 0 Å². The Morgan fingerprint density at radius 3 is 2.42 bits per heavy atom. The molecule has 7 heteroatoms. The third kappa shape index (κ3) is 3.83. The predicted octanol–water partition coefficient (Wildman–Crippen LogP) is 4.64. The summed E-state index contributed by atoms with van der Waals surface area (Å²) in [5, 5.41) is 4.20. The first-order valence-electron chi connectivity index (χ1n) is 7.25. The molecule has 4 nitrogen and oxygen atoms in total. The highest BCUT2D eigenvalue weighted by atomic mass is 35.5. The van der Waals surface area contributed by atoms with Gasteiger partial charge in [-0.2, -0.15) is 0 Å². The Hall–Kier alpha value is -1.75. The highest BCUT2D eigenvalue weighted by Crippen LogP contribution is 2.30. The molecule has 24 heavy (non-hydrogen) atoms. The van der Waals surface area contributed by atoms with Gasteiger partial charge in [-0.1, -0.05) is 40.9 Å². The summed E-state index contributed by atoms with van der Waals surface area (Å²) in [5.74, 6) is -0.810. The molecule has 1 fully saturated rings. The average molecular weight is 384 g/mol. The molecule has 1 heterocycles. The zero-order valence-corrected chi connectivity index (χ0v) is 14.7. The third-order valence-electron chi connectivity index (χ3n) is 3.75. The number of carbonyl (C=O) groups is 2. The second kappa shape index (κ2) is 7.01. The van der Waals surface area contributed by atoms with Crippen molar-refractivity contribution in [2.45, 2.75) is 6.42 Å². The summed E-state index contributed by atoms with van der Waals surface area (Å²) in [6.07, 6.45) is 0.135. The topological polar surface area (TPSA) is 49.4 Å². The number of nitrogens with zero attached hydrogens (tertiary/aromatic N) is 1. The van der Waals surface area contributed by atoms with Crippen molar-refractivity contribution >= 4 is 58.0 Å². The molecule has 124 valence electrons. The number of anilines is 2. The molecule has 0 aromatic heterocycles. The van der Waals surface area contributed by atoms with Crippen LogP contribution in [-0.4, -0.2) is 18.4 Å². The van der Waals surface area contributed by atoms with Crippen molar-refractivity contribution < 1.29 is 9.59 Å². The quantitative estimate of drug-likeness (QED) is 0.839. The second-order valence-electron chi connectivity index (χ2n) is 5.53. The van der Waals surface area contributed by atoms with Gasteiger partial charge < -0.3 is 10.2 Å². The van der Waals surface area contributed by atoms with Gasteiger partial charge in [-0.25, -0.2) is 0 Å². The maximum atomic E-state index is 12.4. The van der Waals surface area contributed by atoms with Crippen LogP contribution in [0.25, 0.3) is 0 Å². The summed E-state index contributed by atoms with van der Waals surface area (Å²) < 4.78 is 0. The van der Waals surface area contributed by atoms with Crippen LogP contribution in [0.3, 0.4) is 0 Å². The first-order chi connectivity index (χ1) is 11.4. The van der Waals surface area contributed by atoms with Gasteiger partial charge in [0.05, 0.1) is 5.92 Å². The Bertz CT molecular complexity index is 790. The van der Waals surface area contributed by atoms with E-state index in [9.17, 15) is 9.59 Å². The highest BCUT2D eigenvalue weighted by molar-refractivity contribution is 6.35. The van der Waals surface area contributed by atoms with Crippen molar-refractivity contribution in [2.24, 2.45) is 5.92 Å². The molecule has 0 spiro atoms. The van der Waals surface area contributed by atoms with Gasteiger partial charge in [-0.3, -0.25) is 9.59 Å². The Kier molecular flexibility index (Phi) is 4.99. The normalized spacial score (nSPS) is 17.2. The molecule has 1 saturated heterocycles. The molecular weight excluding hydrogens is 371 g/mol. The largest absolute Gasteiger partial charge is 0.326 e.